The molecule has 110 valence electrons. The van der Waals surface area contributed by atoms with Crippen LogP contribution in [0.3, 0.4) is 0 Å². The topological polar surface area (TPSA) is 59.0 Å². The van der Waals surface area contributed by atoms with E-state index in [4.69, 9.17) is 9.47 Å². The quantitative estimate of drug-likeness (QED) is 0.808. The van der Waals surface area contributed by atoms with Crippen molar-refractivity contribution in [1.29, 1.82) is 0 Å². The number of hydrogen-bond donors (Lipinski definition) is 2. The number of likely N-dealkylation sites (tertiary alicyclic amines) is 1. The van der Waals surface area contributed by atoms with E-state index in [9.17, 15) is 9.90 Å². The lowest BCUT2D eigenvalue weighted by molar-refractivity contribution is -0.127. The average Bonchev–Trinajstić information content (AvgIpc) is 2.75. The highest BCUT2D eigenvalue weighted by Gasteiger charge is 2.26. The van der Waals surface area contributed by atoms with Gasteiger partial charge in [0.25, 0.3) is 0 Å². The number of nitrogens with zero attached hydrogens (tertiary/aromatic N) is 1. The fraction of sp³-hybridized carbons (Fsp3) is 0.500. The molecule has 1 heterocycles. The predicted octanol–water partition coefficient (Wildman–Crippen LogP) is 1.48. The van der Waals surface area contributed by atoms with Crippen LogP contribution in [0, 0.1) is 0 Å². The van der Waals surface area contributed by atoms with Gasteiger partial charge in [-0.1, -0.05) is 0 Å². The third kappa shape index (κ3) is 3.12. The molecule has 0 aromatic heterocycles. The molecular formula is C14H19NO4S. The van der Waals surface area contributed by atoms with E-state index in [0.29, 0.717) is 37.4 Å². The van der Waals surface area contributed by atoms with E-state index in [1.54, 1.807) is 12.1 Å². The predicted molar refractivity (Wildman–Crippen MR) is 78.9 cm³/mol. The van der Waals surface area contributed by atoms with Crippen molar-refractivity contribution in [1.82, 2.24) is 4.90 Å². The molecule has 5 nitrogen and oxygen atoms in total. The molecule has 1 unspecified atom stereocenters. The van der Waals surface area contributed by atoms with Gasteiger partial charge in [0.15, 0.2) is 11.5 Å². The van der Waals surface area contributed by atoms with Crippen molar-refractivity contribution in [3.63, 3.8) is 0 Å². The number of hydrogen-bond acceptors (Lipinski definition) is 5. The zero-order chi connectivity index (χ0) is 14.7. The molecule has 0 bridgehead atoms. The molecule has 1 fully saturated rings. The van der Waals surface area contributed by atoms with Gasteiger partial charge >= 0.3 is 0 Å². The summed E-state index contributed by atoms with van der Waals surface area (Å²) < 4.78 is 10.2. The number of phenolic OH excluding ortho intramolecular Hbond substituents is 1. The van der Waals surface area contributed by atoms with Gasteiger partial charge in [-0.05, 0) is 24.1 Å². The molecule has 0 spiro atoms. The number of methoxy groups -OCH3 is 2. The lowest BCUT2D eigenvalue weighted by Gasteiger charge is -2.17. The van der Waals surface area contributed by atoms with Gasteiger partial charge in [0.2, 0.25) is 11.7 Å². The third-order valence-corrected chi connectivity index (χ3v) is 3.75. The minimum Gasteiger partial charge on any atom is -0.502 e. The number of benzene rings is 1. The molecule has 1 atom stereocenters. The lowest BCUT2D eigenvalue weighted by Crippen LogP contribution is -2.27. The van der Waals surface area contributed by atoms with Crippen LogP contribution >= 0.6 is 12.6 Å². The maximum atomic E-state index is 11.7. The highest BCUT2D eigenvalue weighted by molar-refractivity contribution is 7.81. The second-order valence-corrected chi connectivity index (χ2v) is 5.53. The first-order chi connectivity index (χ1) is 9.55. The van der Waals surface area contributed by atoms with Crippen molar-refractivity contribution in [3.8, 4) is 17.2 Å². The summed E-state index contributed by atoms with van der Waals surface area (Å²) in [5.41, 5.74) is 0.951. The summed E-state index contributed by atoms with van der Waals surface area (Å²) in [6.07, 6.45) is 1.19. The molecule has 20 heavy (non-hydrogen) atoms. The lowest BCUT2D eigenvalue weighted by atomic mass is 10.1. The number of carbonyl (C=O) groups excluding carboxylic acids is 1. The molecule has 1 saturated heterocycles. The summed E-state index contributed by atoms with van der Waals surface area (Å²) in [7, 11) is 2.99. The first-order valence-electron chi connectivity index (χ1n) is 6.45. The summed E-state index contributed by atoms with van der Waals surface area (Å²) in [6, 6.07) is 3.52. The SMILES string of the molecule is COc1cc(CCN2CC(S)CC2=O)cc(OC)c1O. The number of rotatable bonds is 5. The van der Waals surface area contributed by atoms with Crippen LogP contribution in [0.4, 0.5) is 0 Å². The number of ether oxygens (including phenoxy) is 2. The summed E-state index contributed by atoms with van der Waals surface area (Å²) in [5.74, 6) is 0.882. The largest absolute Gasteiger partial charge is 0.502 e. The maximum Gasteiger partial charge on any atom is 0.223 e. The van der Waals surface area contributed by atoms with Gasteiger partial charge in [-0.25, -0.2) is 0 Å². The fourth-order valence-electron chi connectivity index (χ4n) is 2.32. The highest BCUT2D eigenvalue weighted by atomic mass is 32.1. The number of thiol groups is 1. The van der Waals surface area contributed by atoms with Crippen LogP contribution < -0.4 is 9.47 Å². The van der Waals surface area contributed by atoms with Crippen molar-refractivity contribution in [2.45, 2.75) is 18.1 Å². The molecule has 0 saturated carbocycles. The van der Waals surface area contributed by atoms with Crippen molar-refractivity contribution >= 4 is 18.5 Å². The van der Waals surface area contributed by atoms with Crippen LogP contribution in [0.1, 0.15) is 12.0 Å². The molecular weight excluding hydrogens is 278 g/mol. The Morgan fingerprint density at radius 1 is 1.35 bits per heavy atom. The van der Waals surface area contributed by atoms with Crippen molar-refractivity contribution in [2.75, 3.05) is 27.3 Å². The van der Waals surface area contributed by atoms with Crippen LogP contribution in [-0.2, 0) is 11.2 Å². The Morgan fingerprint density at radius 3 is 2.40 bits per heavy atom. The summed E-state index contributed by atoms with van der Waals surface area (Å²) in [6.45, 7) is 1.32. The summed E-state index contributed by atoms with van der Waals surface area (Å²) >= 11 is 4.33. The van der Waals surface area contributed by atoms with Gasteiger partial charge in [0.1, 0.15) is 0 Å². The van der Waals surface area contributed by atoms with E-state index in [0.717, 1.165) is 5.56 Å². The van der Waals surface area contributed by atoms with Gasteiger partial charge < -0.3 is 19.5 Å². The highest BCUT2D eigenvalue weighted by Crippen LogP contribution is 2.37. The Labute approximate surface area is 123 Å². The summed E-state index contributed by atoms with van der Waals surface area (Å²) in [4.78, 5) is 13.5. The first-order valence-corrected chi connectivity index (χ1v) is 6.96. The molecule has 0 radical (unpaired) electrons. The van der Waals surface area contributed by atoms with E-state index >= 15 is 0 Å². The Balaban J connectivity index is 2.08. The number of phenols is 1. The smallest absolute Gasteiger partial charge is 0.223 e. The van der Waals surface area contributed by atoms with Crippen LogP contribution in [-0.4, -0.2) is 48.5 Å². The van der Waals surface area contributed by atoms with Gasteiger partial charge in [0, 0.05) is 24.8 Å². The molecule has 2 rings (SSSR count). The average molecular weight is 297 g/mol. The molecule has 1 amide bonds. The minimum absolute atomic E-state index is 0.00794. The number of aromatic hydroxyl groups is 1. The Hall–Kier alpha value is -1.56. The number of carbonyl (C=O) groups is 1. The molecule has 0 aliphatic carbocycles. The van der Waals surface area contributed by atoms with Crippen LogP contribution in [0.15, 0.2) is 12.1 Å². The van der Waals surface area contributed by atoms with Gasteiger partial charge in [-0.3, -0.25) is 4.79 Å². The van der Waals surface area contributed by atoms with Crippen molar-refractivity contribution in [3.05, 3.63) is 17.7 Å². The number of amides is 1. The molecule has 1 aliphatic heterocycles. The van der Waals surface area contributed by atoms with E-state index in [2.05, 4.69) is 12.6 Å². The van der Waals surface area contributed by atoms with E-state index in [1.165, 1.54) is 14.2 Å². The second kappa shape index (κ2) is 6.26. The van der Waals surface area contributed by atoms with Crippen molar-refractivity contribution < 1.29 is 19.4 Å². The monoisotopic (exact) mass is 297 g/mol. The first kappa shape index (κ1) is 14.8. The standard InChI is InChI=1S/C14H19NO4S/c1-18-11-5-9(6-12(19-2)14(11)17)3-4-15-8-10(20)7-13(15)16/h5-6,10,17,20H,3-4,7-8H2,1-2H3. The van der Waals surface area contributed by atoms with E-state index < -0.39 is 0 Å². The fourth-order valence-corrected chi connectivity index (χ4v) is 2.68. The van der Waals surface area contributed by atoms with Gasteiger partial charge in [-0.2, -0.15) is 12.6 Å². The second-order valence-electron chi connectivity index (χ2n) is 4.80. The van der Waals surface area contributed by atoms with Crippen LogP contribution in [0.25, 0.3) is 0 Å². The van der Waals surface area contributed by atoms with E-state index in [1.807, 2.05) is 4.90 Å². The Bertz CT molecular complexity index is 481. The Morgan fingerprint density at radius 2 is 1.95 bits per heavy atom. The van der Waals surface area contributed by atoms with Crippen LogP contribution in [0.2, 0.25) is 0 Å². The van der Waals surface area contributed by atoms with Crippen molar-refractivity contribution in [2.24, 2.45) is 0 Å². The molecule has 1 aromatic carbocycles. The molecule has 6 heteroatoms. The maximum absolute atomic E-state index is 11.7. The molecule has 1 aromatic rings. The van der Waals surface area contributed by atoms with E-state index in [-0.39, 0.29) is 16.9 Å². The summed E-state index contributed by atoms with van der Waals surface area (Å²) in [5, 5.41) is 9.98. The molecule has 1 N–H and O–H groups in total. The normalized spacial score (nSPS) is 18.4. The van der Waals surface area contributed by atoms with Crippen LogP contribution in [0.5, 0.6) is 17.2 Å². The van der Waals surface area contributed by atoms with Gasteiger partial charge in [-0.15, -0.1) is 0 Å². The minimum atomic E-state index is -0.00794. The zero-order valence-electron chi connectivity index (χ0n) is 11.6. The Kier molecular flexibility index (Phi) is 4.65. The zero-order valence-corrected chi connectivity index (χ0v) is 12.5. The van der Waals surface area contributed by atoms with Gasteiger partial charge in [0.05, 0.1) is 14.2 Å². The third-order valence-electron chi connectivity index (χ3n) is 3.40. The molecule has 1 aliphatic rings.